The Kier molecular flexibility index (Phi) is 4.09. The number of rotatable bonds is 4. The number of aliphatic hydroxyl groups excluding tert-OH is 3. The third-order valence-electron chi connectivity index (χ3n) is 2.73. The molecular formula is C12H16O5. The Hall–Kier alpha value is -0.980. The summed E-state index contributed by atoms with van der Waals surface area (Å²) >= 11 is 0. The molecule has 2 rings (SSSR count). The summed E-state index contributed by atoms with van der Waals surface area (Å²) in [6, 6.07) is 9.59. The standard InChI is InChI=1S/C12H16O5/c13-10-9(17-12(15)11(10)14)7-16-6-8-4-2-1-3-5-8/h1-5,9-15H,6-7H2/t9-,10-,11+,12+/m1/s1. The van der Waals surface area contributed by atoms with E-state index in [1.807, 2.05) is 30.3 Å². The van der Waals surface area contributed by atoms with E-state index in [0.29, 0.717) is 6.61 Å². The molecule has 0 amide bonds. The van der Waals surface area contributed by atoms with Gasteiger partial charge in [0.1, 0.15) is 18.3 Å². The first kappa shape index (κ1) is 12.5. The average Bonchev–Trinajstić information content (AvgIpc) is 2.59. The quantitative estimate of drug-likeness (QED) is 0.670. The molecule has 1 aromatic carbocycles. The lowest BCUT2D eigenvalue weighted by molar-refractivity contribution is -0.137. The van der Waals surface area contributed by atoms with Gasteiger partial charge < -0.3 is 24.8 Å². The number of benzene rings is 1. The fraction of sp³-hybridized carbons (Fsp3) is 0.500. The van der Waals surface area contributed by atoms with Crippen molar-refractivity contribution in [3.63, 3.8) is 0 Å². The van der Waals surface area contributed by atoms with Gasteiger partial charge in [0, 0.05) is 0 Å². The van der Waals surface area contributed by atoms with Gasteiger partial charge in [0.15, 0.2) is 6.29 Å². The molecule has 1 aliphatic heterocycles. The Morgan fingerprint density at radius 3 is 2.35 bits per heavy atom. The number of hydrogen-bond donors (Lipinski definition) is 3. The lowest BCUT2D eigenvalue weighted by Gasteiger charge is -2.14. The first-order valence-electron chi connectivity index (χ1n) is 5.50. The van der Waals surface area contributed by atoms with Gasteiger partial charge >= 0.3 is 0 Å². The van der Waals surface area contributed by atoms with Crippen molar-refractivity contribution in [2.24, 2.45) is 0 Å². The van der Waals surface area contributed by atoms with Crippen molar-refractivity contribution < 1.29 is 24.8 Å². The predicted molar refractivity (Wildman–Crippen MR) is 59.0 cm³/mol. The van der Waals surface area contributed by atoms with Gasteiger partial charge in [-0.3, -0.25) is 0 Å². The zero-order chi connectivity index (χ0) is 12.3. The molecule has 1 fully saturated rings. The SMILES string of the molecule is O[C@H]1[C@H](O)[C@@H](COCc2ccccc2)O[C@@H]1O. The maximum Gasteiger partial charge on any atom is 0.184 e. The molecule has 3 N–H and O–H groups in total. The van der Waals surface area contributed by atoms with Gasteiger partial charge in [-0.25, -0.2) is 0 Å². The molecule has 5 nitrogen and oxygen atoms in total. The summed E-state index contributed by atoms with van der Waals surface area (Å²) in [6.45, 7) is 0.532. The highest BCUT2D eigenvalue weighted by Gasteiger charge is 2.41. The predicted octanol–water partition coefficient (Wildman–Crippen LogP) is -0.358. The molecule has 0 aliphatic carbocycles. The van der Waals surface area contributed by atoms with Crippen LogP contribution in [0.5, 0.6) is 0 Å². The molecule has 0 spiro atoms. The van der Waals surface area contributed by atoms with Crippen LogP contribution in [-0.4, -0.2) is 46.5 Å². The first-order chi connectivity index (χ1) is 8.18. The van der Waals surface area contributed by atoms with Crippen LogP contribution >= 0.6 is 0 Å². The summed E-state index contributed by atoms with van der Waals surface area (Å²) in [4.78, 5) is 0. The second kappa shape index (κ2) is 5.57. The van der Waals surface area contributed by atoms with Crippen LogP contribution in [0.15, 0.2) is 30.3 Å². The third-order valence-corrected chi connectivity index (χ3v) is 2.73. The summed E-state index contributed by atoms with van der Waals surface area (Å²) in [7, 11) is 0. The number of aliphatic hydroxyl groups is 3. The van der Waals surface area contributed by atoms with Crippen molar-refractivity contribution in [2.45, 2.75) is 31.2 Å². The summed E-state index contributed by atoms with van der Waals surface area (Å²) in [5, 5.41) is 27.9. The molecule has 1 saturated heterocycles. The van der Waals surface area contributed by atoms with Gasteiger partial charge in [0.2, 0.25) is 0 Å². The lowest BCUT2D eigenvalue weighted by atomic mass is 10.1. The molecule has 5 heteroatoms. The van der Waals surface area contributed by atoms with Crippen molar-refractivity contribution in [2.75, 3.05) is 6.61 Å². The normalized spacial score (nSPS) is 32.9. The monoisotopic (exact) mass is 240 g/mol. The van der Waals surface area contributed by atoms with Crippen molar-refractivity contribution >= 4 is 0 Å². The van der Waals surface area contributed by atoms with Crippen LogP contribution < -0.4 is 0 Å². The van der Waals surface area contributed by atoms with E-state index < -0.39 is 24.6 Å². The largest absolute Gasteiger partial charge is 0.387 e. The van der Waals surface area contributed by atoms with Gasteiger partial charge in [0.05, 0.1) is 13.2 Å². The fourth-order valence-corrected chi connectivity index (χ4v) is 1.73. The van der Waals surface area contributed by atoms with Gasteiger partial charge in [0.25, 0.3) is 0 Å². The Morgan fingerprint density at radius 2 is 1.76 bits per heavy atom. The summed E-state index contributed by atoms with van der Waals surface area (Å²) < 4.78 is 10.3. The molecule has 1 heterocycles. The minimum Gasteiger partial charge on any atom is -0.387 e. The maximum atomic E-state index is 9.51. The van der Waals surface area contributed by atoms with Gasteiger partial charge in [-0.1, -0.05) is 30.3 Å². The van der Waals surface area contributed by atoms with Gasteiger partial charge in [-0.2, -0.15) is 0 Å². The van der Waals surface area contributed by atoms with Gasteiger partial charge in [-0.05, 0) is 5.56 Å². The third kappa shape index (κ3) is 3.02. The smallest absolute Gasteiger partial charge is 0.184 e. The minimum atomic E-state index is -1.34. The highest BCUT2D eigenvalue weighted by Crippen LogP contribution is 2.19. The number of hydrogen-bond acceptors (Lipinski definition) is 5. The van der Waals surface area contributed by atoms with E-state index in [0.717, 1.165) is 5.56 Å². The Morgan fingerprint density at radius 1 is 1.06 bits per heavy atom. The molecule has 0 radical (unpaired) electrons. The van der Waals surface area contributed by atoms with Crippen LogP contribution in [0.25, 0.3) is 0 Å². The molecule has 94 valence electrons. The second-order valence-corrected chi connectivity index (χ2v) is 4.05. The zero-order valence-electron chi connectivity index (χ0n) is 9.27. The topological polar surface area (TPSA) is 79.2 Å². The average molecular weight is 240 g/mol. The maximum absolute atomic E-state index is 9.51. The molecule has 0 aromatic heterocycles. The van der Waals surface area contributed by atoms with E-state index >= 15 is 0 Å². The Balaban J connectivity index is 1.76. The summed E-state index contributed by atoms with van der Waals surface area (Å²) in [6.07, 6.45) is -4.40. The van der Waals surface area contributed by atoms with Crippen molar-refractivity contribution in [3.05, 3.63) is 35.9 Å². The fourth-order valence-electron chi connectivity index (χ4n) is 1.73. The van der Waals surface area contributed by atoms with Crippen LogP contribution in [0.3, 0.4) is 0 Å². The van der Waals surface area contributed by atoms with Crippen LogP contribution in [0.2, 0.25) is 0 Å². The van der Waals surface area contributed by atoms with E-state index in [1.54, 1.807) is 0 Å². The van der Waals surface area contributed by atoms with Crippen LogP contribution in [0, 0.1) is 0 Å². The van der Waals surface area contributed by atoms with Crippen LogP contribution in [-0.2, 0) is 16.1 Å². The Bertz CT molecular complexity index is 342. The van der Waals surface area contributed by atoms with E-state index in [4.69, 9.17) is 14.6 Å². The number of ether oxygens (including phenoxy) is 2. The molecular weight excluding hydrogens is 224 g/mol. The summed E-state index contributed by atoms with van der Waals surface area (Å²) in [5.74, 6) is 0. The molecule has 0 unspecified atom stereocenters. The molecule has 0 saturated carbocycles. The highest BCUT2D eigenvalue weighted by molar-refractivity contribution is 5.13. The van der Waals surface area contributed by atoms with E-state index in [2.05, 4.69) is 0 Å². The zero-order valence-corrected chi connectivity index (χ0v) is 9.27. The molecule has 0 bridgehead atoms. The summed E-state index contributed by atoms with van der Waals surface area (Å²) in [5.41, 5.74) is 1.01. The molecule has 17 heavy (non-hydrogen) atoms. The highest BCUT2D eigenvalue weighted by atomic mass is 16.7. The molecule has 4 atom stereocenters. The van der Waals surface area contributed by atoms with Gasteiger partial charge in [-0.15, -0.1) is 0 Å². The van der Waals surface area contributed by atoms with E-state index in [-0.39, 0.29) is 6.61 Å². The second-order valence-electron chi connectivity index (χ2n) is 4.05. The Labute approximate surface area is 99.2 Å². The molecule has 1 aromatic rings. The van der Waals surface area contributed by atoms with E-state index in [9.17, 15) is 10.2 Å². The van der Waals surface area contributed by atoms with Crippen LogP contribution in [0.1, 0.15) is 5.56 Å². The molecule has 1 aliphatic rings. The van der Waals surface area contributed by atoms with E-state index in [1.165, 1.54) is 0 Å². The minimum absolute atomic E-state index is 0.129. The first-order valence-corrected chi connectivity index (χ1v) is 5.50. The van der Waals surface area contributed by atoms with Crippen molar-refractivity contribution in [1.82, 2.24) is 0 Å². The lowest BCUT2D eigenvalue weighted by Crippen LogP contribution is -2.34. The van der Waals surface area contributed by atoms with Crippen molar-refractivity contribution in [1.29, 1.82) is 0 Å². The van der Waals surface area contributed by atoms with Crippen LogP contribution in [0.4, 0.5) is 0 Å². The van der Waals surface area contributed by atoms with Crippen molar-refractivity contribution in [3.8, 4) is 0 Å².